The molecule has 5 nitrogen and oxygen atoms in total. The molecule has 0 aliphatic heterocycles. The number of carbonyl (C=O) groups is 1. The molecule has 5 heteroatoms. The second kappa shape index (κ2) is 13.9. The summed E-state index contributed by atoms with van der Waals surface area (Å²) < 4.78 is 15.6. The summed E-state index contributed by atoms with van der Waals surface area (Å²) in [7, 11) is 0. The van der Waals surface area contributed by atoms with Crippen molar-refractivity contribution in [1.82, 2.24) is 0 Å². The van der Waals surface area contributed by atoms with E-state index >= 15 is 0 Å². The van der Waals surface area contributed by atoms with Crippen molar-refractivity contribution >= 4 is 16.9 Å². The summed E-state index contributed by atoms with van der Waals surface area (Å²) in [5.41, 5.74) is 2.94. The van der Waals surface area contributed by atoms with Gasteiger partial charge in [0.25, 0.3) is 0 Å². The van der Waals surface area contributed by atoms with Gasteiger partial charge < -0.3 is 18.7 Å². The third kappa shape index (κ3) is 8.13. The van der Waals surface area contributed by atoms with Crippen LogP contribution in [0.15, 0.2) is 70.9 Å². The Morgan fingerprint density at radius 3 is 2.34 bits per heavy atom. The van der Waals surface area contributed by atoms with Gasteiger partial charge in [-0.15, -0.1) is 13.2 Å². The van der Waals surface area contributed by atoms with E-state index in [2.05, 4.69) is 25.8 Å². The first kappa shape index (κ1) is 25.8. The van der Waals surface area contributed by atoms with Gasteiger partial charge in [0, 0.05) is 17.4 Å². The Bertz CT molecular complexity index is 886. The van der Waals surface area contributed by atoms with Crippen LogP contribution >= 0.6 is 0 Å². The number of aromatic carboxylic acids is 1. The molecule has 0 bridgehead atoms. The summed E-state index contributed by atoms with van der Waals surface area (Å²) in [5, 5.41) is 9.95. The minimum atomic E-state index is -1.06. The molecule has 1 N–H and O–H groups in total. The van der Waals surface area contributed by atoms with Crippen LogP contribution in [0, 0.1) is 6.92 Å². The molecular weight excluding hydrogens is 368 g/mol. The molecule has 3 aromatic rings. The lowest BCUT2D eigenvalue weighted by molar-refractivity contribution is 0.0660. The minimum absolute atomic E-state index is 0.0489. The van der Waals surface area contributed by atoms with Gasteiger partial charge in [0.15, 0.2) is 0 Å². The second-order valence-electron chi connectivity index (χ2n) is 5.62. The van der Waals surface area contributed by atoms with Gasteiger partial charge in [-0.25, -0.2) is 4.79 Å². The van der Waals surface area contributed by atoms with E-state index in [-0.39, 0.29) is 5.76 Å². The Morgan fingerprint density at radius 1 is 1.21 bits per heavy atom. The van der Waals surface area contributed by atoms with Crippen molar-refractivity contribution in [2.24, 2.45) is 0 Å². The highest BCUT2D eigenvalue weighted by molar-refractivity contribution is 5.84. The molecule has 0 atom stereocenters. The van der Waals surface area contributed by atoms with E-state index in [1.165, 1.54) is 17.0 Å². The number of hydrogen-bond donors (Lipinski definition) is 1. The molecule has 29 heavy (non-hydrogen) atoms. The number of benzene rings is 1. The van der Waals surface area contributed by atoms with Gasteiger partial charge in [0.2, 0.25) is 5.76 Å². The lowest BCUT2D eigenvalue weighted by Crippen LogP contribution is -1.92. The zero-order valence-electron chi connectivity index (χ0n) is 18.1. The molecule has 0 aliphatic rings. The number of carboxylic acids is 1. The van der Waals surface area contributed by atoms with Crippen molar-refractivity contribution in [1.29, 1.82) is 0 Å². The van der Waals surface area contributed by atoms with Crippen LogP contribution in [-0.2, 0) is 17.8 Å². The number of carboxylic acid groups (broad SMARTS) is 1. The number of fused-ring (bicyclic) bond motifs is 1. The lowest BCUT2D eigenvalue weighted by Gasteiger charge is -2.03. The van der Waals surface area contributed by atoms with Crippen LogP contribution in [0.5, 0.6) is 0 Å². The maximum atomic E-state index is 10.7. The maximum absolute atomic E-state index is 10.7. The maximum Gasteiger partial charge on any atom is 0.371 e. The van der Waals surface area contributed by atoms with E-state index in [9.17, 15) is 4.79 Å². The average Bonchev–Trinajstić information content (AvgIpc) is 3.34. The van der Waals surface area contributed by atoms with Crippen LogP contribution in [0.1, 0.15) is 55.1 Å². The molecule has 158 valence electrons. The number of rotatable bonds is 5. The fourth-order valence-corrected chi connectivity index (χ4v) is 2.30. The zero-order valence-corrected chi connectivity index (χ0v) is 18.1. The van der Waals surface area contributed by atoms with Gasteiger partial charge in [-0.1, -0.05) is 45.5 Å². The zero-order chi connectivity index (χ0) is 22.4. The number of allylic oxidation sites excluding steroid dienone is 1. The summed E-state index contributed by atoms with van der Waals surface area (Å²) >= 11 is 0. The Kier molecular flexibility index (Phi) is 12.3. The number of aryl methyl sites for hydroxylation is 2. The van der Waals surface area contributed by atoms with E-state index < -0.39 is 5.97 Å². The van der Waals surface area contributed by atoms with Crippen LogP contribution in [0.3, 0.4) is 0 Å². The highest BCUT2D eigenvalue weighted by atomic mass is 16.5. The van der Waals surface area contributed by atoms with Gasteiger partial charge >= 0.3 is 5.97 Å². The third-order valence-electron chi connectivity index (χ3n) is 3.58. The number of ether oxygens (including phenoxy) is 1. The van der Waals surface area contributed by atoms with E-state index in [0.717, 1.165) is 11.1 Å². The smallest absolute Gasteiger partial charge is 0.371 e. The predicted molar refractivity (Wildman–Crippen MR) is 118 cm³/mol. The highest BCUT2D eigenvalue weighted by Crippen LogP contribution is 2.19. The van der Waals surface area contributed by atoms with Gasteiger partial charge in [0.1, 0.15) is 18.0 Å². The van der Waals surface area contributed by atoms with Crippen molar-refractivity contribution in [3.63, 3.8) is 0 Å². The van der Waals surface area contributed by atoms with E-state index in [0.29, 0.717) is 24.5 Å². The standard InChI is InChI=1S/C11H14O4.C9H8O.C2H6.C2H4/c1-4-9-8(6-14-7(2)3)5-10(15-9)11(12)13;1-7-6-10-9-5-3-2-4-8(7)9;2*1-2/h5H,2,4,6H2,1,3H3,(H,12,13);2-6H,1H3;1-2H3;1-2H2. The van der Waals surface area contributed by atoms with Gasteiger partial charge in [0.05, 0.1) is 12.0 Å². The number of furan rings is 2. The summed E-state index contributed by atoms with van der Waals surface area (Å²) in [6, 6.07) is 9.52. The molecule has 1 aromatic carbocycles. The molecule has 0 saturated heterocycles. The summed E-state index contributed by atoms with van der Waals surface area (Å²) in [4.78, 5) is 10.7. The first-order chi connectivity index (χ1) is 13.9. The van der Waals surface area contributed by atoms with E-state index in [1.807, 2.05) is 45.9 Å². The molecule has 2 aromatic heterocycles. The number of hydrogen-bond acceptors (Lipinski definition) is 4. The Hall–Kier alpha value is -3.21. The monoisotopic (exact) mass is 400 g/mol. The molecule has 0 spiro atoms. The molecule has 0 radical (unpaired) electrons. The summed E-state index contributed by atoms with van der Waals surface area (Å²) in [6.07, 6.45) is 2.42. The normalized spacial score (nSPS) is 9.14. The molecule has 0 unspecified atom stereocenters. The molecule has 0 saturated carbocycles. The van der Waals surface area contributed by atoms with Crippen molar-refractivity contribution in [2.45, 2.75) is 47.6 Å². The molecule has 0 fully saturated rings. The van der Waals surface area contributed by atoms with Gasteiger partial charge in [-0.3, -0.25) is 0 Å². The van der Waals surface area contributed by atoms with Crippen LogP contribution < -0.4 is 0 Å². The molecule has 0 amide bonds. The predicted octanol–water partition coefficient (Wildman–Crippen LogP) is 7.16. The Labute approximate surface area is 173 Å². The van der Waals surface area contributed by atoms with Crippen LogP contribution in [0.4, 0.5) is 0 Å². The first-order valence-electron chi connectivity index (χ1n) is 9.48. The van der Waals surface area contributed by atoms with Crippen molar-refractivity contribution in [2.75, 3.05) is 0 Å². The fraction of sp³-hybridized carbons (Fsp3) is 0.292. The van der Waals surface area contributed by atoms with Gasteiger partial charge in [-0.05, 0) is 31.5 Å². The Balaban J connectivity index is 0.000000483. The lowest BCUT2D eigenvalue weighted by atomic mass is 10.2. The van der Waals surface area contributed by atoms with Crippen molar-refractivity contribution in [3.05, 3.63) is 84.7 Å². The second-order valence-corrected chi connectivity index (χ2v) is 5.62. The molecule has 2 heterocycles. The van der Waals surface area contributed by atoms with E-state index in [1.54, 1.807) is 13.2 Å². The molecule has 3 rings (SSSR count). The van der Waals surface area contributed by atoms with Crippen molar-refractivity contribution < 1.29 is 23.5 Å². The highest BCUT2D eigenvalue weighted by Gasteiger charge is 2.14. The fourth-order valence-electron chi connectivity index (χ4n) is 2.30. The van der Waals surface area contributed by atoms with Crippen molar-refractivity contribution in [3.8, 4) is 0 Å². The van der Waals surface area contributed by atoms with E-state index in [4.69, 9.17) is 18.7 Å². The molecular formula is C24H32O5. The summed E-state index contributed by atoms with van der Waals surface area (Å²) in [6.45, 7) is 19.6. The Morgan fingerprint density at radius 2 is 1.83 bits per heavy atom. The topological polar surface area (TPSA) is 72.8 Å². The van der Waals surface area contributed by atoms with Crippen LogP contribution in [0.25, 0.3) is 11.0 Å². The average molecular weight is 401 g/mol. The third-order valence-corrected chi connectivity index (χ3v) is 3.58. The van der Waals surface area contributed by atoms with Crippen LogP contribution in [0.2, 0.25) is 0 Å². The van der Waals surface area contributed by atoms with Gasteiger partial charge in [-0.2, -0.15) is 0 Å². The molecule has 0 aliphatic carbocycles. The largest absolute Gasteiger partial charge is 0.494 e. The first-order valence-corrected chi connectivity index (χ1v) is 9.48. The van der Waals surface area contributed by atoms with Crippen LogP contribution in [-0.4, -0.2) is 11.1 Å². The minimum Gasteiger partial charge on any atom is -0.494 e. The summed E-state index contributed by atoms with van der Waals surface area (Å²) in [5.74, 6) is 0.127. The quantitative estimate of drug-likeness (QED) is 0.363. The number of para-hydroxylation sites is 1. The SMILES string of the molecule is C=C.C=C(C)OCc1cc(C(=O)O)oc1CC.CC.Cc1coc2ccccc12.